The molecule has 0 bridgehead atoms. The molecule has 1 aliphatic rings. The third-order valence-electron chi connectivity index (χ3n) is 5.66. The maximum absolute atomic E-state index is 13.7. The molecule has 0 saturated carbocycles. The van der Waals surface area contributed by atoms with Crippen molar-refractivity contribution in [1.29, 1.82) is 0 Å². The van der Waals surface area contributed by atoms with Crippen LogP contribution in [0, 0.1) is 0 Å². The lowest BCUT2D eigenvalue weighted by Gasteiger charge is -2.32. The quantitative estimate of drug-likeness (QED) is 0.682. The molecule has 0 aliphatic carbocycles. The van der Waals surface area contributed by atoms with Gasteiger partial charge in [-0.05, 0) is 48.2 Å². The highest BCUT2D eigenvalue weighted by atomic mass is 16.2. The maximum atomic E-state index is 13.7. The van der Waals surface area contributed by atoms with Crippen LogP contribution in [0.4, 0.5) is 11.4 Å². The Morgan fingerprint density at radius 2 is 1.68 bits per heavy atom. The standard InChI is InChI=1S/C26H27N3O2/c1-28(2)22-15-8-13-21(18-22)25(30)27-24(20-11-4-3-5-12-20)26(31)29-17-9-14-19-10-6-7-16-23(19)29/h3-8,10-13,15-16,18,24H,9,14,17H2,1-2H3,(H,27,30). The molecular weight excluding hydrogens is 386 g/mol. The molecule has 3 aromatic rings. The van der Waals surface area contributed by atoms with E-state index in [0.29, 0.717) is 12.1 Å². The molecule has 0 saturated heterocycles. The summed E-state index contributed by atoms with van der Waals surface area (Å²) in [4.78, 5) is 30.6. The molecule has 1 aliphatic heterocycles. The molecule has 0 radical (unpaired) electrons. The number of aryl methyl sites for hydroxylation is 1. The van der Waals surface area contributed by atoms with Gasteiger partial charge in [0, 0.05) is 37.6 Å². The molecular formula is C26H27N3O2. The van der Waals surface area contributed by atoms with Crippen molar-refractivity contribution in [2.24, 2.45) is 0 Å². The lowest BCUT2D eigenvalue weighted by atomic mass is 9.99. The average Bonchev–Trinajstić information content (AvgIpc) is 2.82. The van der Waals surface area contributed by atoms with Crippen molar-refractivity contribution < 1.29 is 9.59 Å². The second kappa shape index (κ2) is 9.04. The highest BCUT2D eigenvalue weighted by Crippen LogP contribution is 2.29. The van der Waals surface area contributed by atoms with Crippen molar-refractivity contribution in [3.63, 3.8) is 0 Å². The summed E-state index contributed by atoms with van der Waals surface area (Å²) in [5.41, 5.74) is 4.33. The van der Waals surface area contributed by atoms with E-state index in [1.54, 1.807) is 6.07 Å². The Morgan fingerprint density at radius 3 is 2.45 bits per heavy atom. The summed E-state index contributed by atoms with van der Waals surface area (Å²) in [6.45, 7) is 0.644. The minimum absolute atomic E-state index is 0.115. The van der Waals surface area contributed by atoms with E-state index < -0.39 is 6.04 Å². The molecule has 5 heteroatoms. The number of nitrogens with one attached hydrogen (secondary N) is 1. The van der Waals surface area contributed by atoms with Gasteiger partial charge in [-0.1, -0.05) is 54.6 Å². The summed E-state index contributed by atoms with van der Waals surface area (Å²) in [6, 6.07) is 24.1. The molecule has 1 N–H and O–H groups in total. The van der Waals surface area contributed by atoms with Crippen LogP contribution in [0.1, 0.15) is 33.9 Å². The number of carbonyl (C=O) groups is 2. The van der Waals surface area contributed by atoms with Gasteiger partial charge >= 0.3 is 0 Å². The Hall–Kier alpha value is -3.60. The first-order valence-corrected chi connectivity index (χ1v) is 10.6. The molecule has 31 heavy (non-hydrogen) atoms. The fraction of sp³-hybridized carbons (Fsp3) is 0.231. The van der Waals surface area contributed by atoms with Gasteiger partial charge in [0.25, 0.3) is 11.8 Å². The van der Waals surface area contributed by atoms with Crippen molar-refractivity contribution >= 4 is 23.2 Å². The van der Waals surface area contributed by atoms with E-state index in [0.717, 1.165) is 29.8 Å². The van der Waals surface area contributed by atoms with Crippen LogP contribution in [0.25, 0.3) is 0 Å². The van der Waals surface area contributed by atoms with Crippen LogP contribution in [-0.4, -0.2) is 32.5 Å². The first-order valence-electron chi connectivity index (χ1n) is 10.6. The smallest absolute Gasteiger partial charge is 0.254 e. The summed E-state index contributed by atoms with van der Waals surface area (Å²) in [7, 11) is 3.86. The van der Waals surface area contributed by atoms with Crippen molar-refractivity contribution in [3.05, 3.63) is 95.6 Å². The Bertz CT molecular complexity index is 1080. The lowest BCUT2D eigenvalue weighted by molar-refractivity contribution is -0.120. The zero-order valence-electron chi connectivity index (χ0n) is 17.9. The van der Waals surface area contributed by atoms with E-state index in [9.17, 15) is 9.59 Å². The van der Waals surface area contributed by atoms with Gasteiger partial charge in [-0.15, -0.1) is 0 Å². The molecule has 0 spiro atoms. The van der Waals surface area contributed by atoms with Crippen LogP contribution in [0.5, 0.6) is 0 Å². The second-order valence-electron chi connectivity index (χ2n) is 7.98. The van der Waals surface area contributed by atoms with Gasteiger partial charge in [0.05, 0.1) is 0 Å². The van der Waals surface area contributed by atoms with Crippen LogP contribution >= 0.6 is 0 Å². The predicted molar refractivity (Wildman–Crippen MR) is 125 cm³/mol. The van der Waals surface area contributed by atoms with Crippen LogP contribution in [0.2, 0.25) is 0 Å². The Kier molecular flexibility index (Phi) is 6.03. The summed E-state index contributed by atoms with van der Waals surface area (Å²) in [6.07, 6.45) is 1.86. The maximum Gasteiger partial charge on any atom is 0.254 e. The topological polar surface area (TPSA) is 52.7 Å². The molecule has 1 atom stereocenters. The lowest BCUT2D eigenvalue weighted by Crippen LogP contribution is -2.45. The van der Waals surface area contributed by atoms with E-state index in [2.05, 4.69) is 11.4 Å². The molecule has 3 aromatic carbocycles. The largest absolute Gasteiger partial charge is 0.378 e. The van der Waals surface area contributed by atoms with Crippen molar-refractivity contribution in [3.8, 4) is 0 Å². The number of hydrogen-bond donors (Lipinski definition) is 1. The minimum atomic E-state index is -0.761. The average molecular weight is 414 g/mol. The zero-order valence-corrected chi connectivity index (χ0v) is 17.9. The second-order valence-corrected chi connectivity index (χ2v) is 7.98. The fourth-order valence-corrected chi connectivity index (χ4v) is 3.99. The van der Waals surface area contributed by atoms with E-state index in [1.807, 2.05) is 90.6 Å². The summed E-state index contributed by atoms with van der Waals surface area (Å²) < 4.78 is 0. The molecule has 4 rings (SSSR count). The van der Waals surface area contributed by atoms with Crippen LogP contribution in [0.15, 0.2) is 78.9 Å². The number of hydrogen-bond acceptors (Lipinski definition) is 3. The summed E-state index contributed by atoms with van der Waals surface area (Å²) in [5, 5.41) is 2.99. The SMILES string of the molecule is CN(C)c1cccc(C(=O)NC(C(=O)N2CCCc3ccccc32)c2ccccc2)c1. The number of rotatable bonds is 5. The Morgan fingerprint density at radius 1 is 0.935 bits per heavy atom. The molecule has 1 heterocycles. The number of benzene rings is 3. The molecule has 0 aromatic heterocycles. The number of nitrogens with zero attached hydrogens (tertiary/aromatic N) is 2. The highest BCUT2D eigenvalue weighted by molar-refractivity contribution is 6.03. The van der Waals surface area contributed by atoms with Crippen molar-refractivity contribution in [2.45, 2.75) is 18.9 Å². The minimum Gasteiger partial charge on any atom is -0.378 e. The summed E-state index contributed by atoms with van der Waals surface area (Å²) in [5.74, 6) is -0.383. The number of carbonyl (C=O) groups excluding carboxylic acids is 2. The number of para-hydroxylation sites is 1. The van der Waals surface area contributed by atoms with Crippen LogP contribution in [-0.2, 0) is 11.2 Å². The van der Waals surface area contributed by atoms with Gasteiger partial charge in [-0.2, -0.15) is 0 Å². The number of amides is 2. The Balaban J connectivity index is 1.65. The highest BCUT2D eigenvalue weighted by Gasteiger charge is 2.31. The van der Waals surface area contributed by atoms with Crippen LogP contribution < -0.4 is 15.1 Å². The van der Waals surface area contributed by atoms with E-state index in [-0.39, 0.29) is 11.8 Å². The number of anilines is 2. The fourth-order valence-electron chi connectivity index (χ4n) is 3.99. The molecule has 2 amide bonds. The van der Waals surface area contributed by atoms with Gasteiger partial charge in [0.1, 0.15) is 6.04 Å². The van der Waals surface area contributed by atoms with Gasteiger partial charge in [0.2, 0.25) is 0 Å². The van der Waals surface area contributed by atoms with Gasteiger partial charge < -0.3 is 15.1 Å². The van der Waals surface area contributed by atoms with Gasteiger partial charge in [-0.3, -0.25) is 9.59 Å². The van der Waals surface area contributed by atoms with E-state index in [1.165, 1.54) is 5.56 Å². The van der Waals surface area contributed by atoms with Crippen LogP contribution in [0.3, 0.4) is 0 Å². The monoisotopic (exact) mass is 413 g/mol. The number of fused-ring (bicyclic) bond motifs is 1. The van der Waals surface area contributed by atoms with E-state index >= 15 is 0 Å². The predicted octanol–water partition coefficient (Wildman–Crippen LogP) is 4.20. The molecule has 0 fully saturated rings. The van der Waals surface area contributed by atoms with Crippen molar-refractivity contribution in [2.75, 3.05) is 30.4 Å². The third-order valence-corrected chi connectivity index (χ3v) is 5.66. The first-order chi connectivity index (χ1) is 15.0. The summed E-state index contributed by atoms with van der Waals surface area (Å²) >= 11 is 0. The zero-order chi connectivity index (χ0) is 21.8. The normalized spacial score (nSPS) is 13.8. The molecule has 1 unspecified atom stereocenters. The first kappa shape index (κ1) is 20.7. The van der Waals surface area contributed by atoms with Gasteiger partial charge in [0.15, 0.2) is 0 Å². The van der Waals surface area contributed by atoms with Crippen molar-refractivity contribution in [1.82, 2.24) is 5.32 Å². The third kappa shape index (κ3) is 4.45. The Labute approximate surface area is 183 Å². The van der Waals surface area contributed by atoms with E-state index in [4.69, 9.17) is 0 Å². The molecule has 158 valence electrons. The molecule has 5 nitrogen and oxygen atoms in total. The van der Waals surface area contributed by atoms with Gasteiger partial charge in [-0.25, -0.2) is 0 Å².